The van der Waals surface area contributed by atoms with E-state index >= 15 is 0 Å². The van der Waals surface area contributed by atoms with E-state index < -0.39 is 11.4 Å². The average Bonchev–Trinajstić information content (AvgIpc) is 2.72. The summed E-state index contributed by atoms with van der Waals surface area (Å²) in [7, 11) is 0. The SMILES string of the molecule is CC(C)(CC(=O)O)CC(=O)N1CCN2CCCC2C1. The third-order valence-corrected chi connectivity index (χ3v) is 4.20. The van der Waals surface area contributed by atoms with Crippen LogP contribution in [-0.4, -0.2) is 59.0 Å². The Morgan fingerprint density at radius 1 is 1.21 bits per heavy atom. The van der Waals surface area contributed by atoms with Gasteiger partial charge in [0.2, 0.25) is 5.91 Å². The summed E-state index contributed by atoms with van der Waals surface area (Å²) >= 11 is 0. The van der Waals surface area contributed by atoms with Gasteiger partial charge in [-0.05, 0) is 24.8 Å². The van der Waals surface area contributed by atoms with E-state index in [-0.39, 0.29) is 12.3 Å². The molecule has 0 bridgehead atoms. The van der Waals surface area contributed by atoms with E-state index in [2.05, 4.69) is 4.90 Å². The monoisotopic (exact) mass is 268 g/mol. The second-order valence-corrected chi connectivity index (χ2v) is 6.58. The average molecular weight is 268 g/mol. The first kappa shape index (κ1) is 14.3. The Morgan fingerprint density at radius 3 is 2.63 bits per heavy atom. The molecule has 1 N–H and O–H groups in total. The lowest BCUT2D eigenvalue weighted by atomic mass is 9.85. The molecular formula is C14H24N2O3. The highest BCUT2D eigenvalue weighted by Gasteiger charge is 2.34. The van der Waals surface area contributed by atoms with Gasteiger partial charge in [-0.1, -0.05) is 13.8 Å². The summed E-state index contributed by atoms with van der Waals surface area (Å²) in [6.07, 6.45) is 2.79. The molecule has 2 fully saturated rings. The highest BCUT2D eigenvalue weighted by Crippen LogP contribution is 2.28. The van der Waals surface area contributed by atoms with Gasteiger partial charge in [-0.3, -0.25) is 14.5 Å². The number of nitrogens with zero attached hydrogens (tertiary/aromatic N) is 2. The van der Waals surface area contributed by atoms with Crippen molar-refractivity contribution >= 4 is 11.9 Å². The van der Waals surface area contributed by atoms with Crippen molar-refractivity contribution in [2.45, 2.75) is 45.6 Å². The van der Waals surface area contributed by atoms with Gasteiger partial charge in [0.1, 0.15) is 0 Å². The van der Waals surface area contributed by atoms with E-state index in [1.165, 1.54) is 12.8 Å². The minimum absolute atomic E-state index is 0.0438. The molecule has 2 rings (SSSR count). The minimum Gasteiger partial charge on any atom is -0.481 e. The summed E-state index contributed by atoms with van der Waals surface area (Å²) in [6.45, 7) is 7.45. The maximum atomic E-state index is 12.3. The number of piperazine rings is 1. The summed E-state index contributed by atoms with van der Waals surface area (Å²) in [5.41, 5.74) is -0.463. The van der Waals surface area contributed by atoms with Crippen molar-refractivity contribution in [3.05, 3.63) is 0 Å². The number of carbonyl (C=O) groups excluding carboxylic acids is 1. The van der Waals surface area contributed by atoms with Crippen molar-refractivity contribution < 1.29 is 14.7 Å². The lowest BCUT2D eigenvalue weighted by Crippen LogP contribution is -2.52. The fourth-order valence-electron chi connectivity index (χ4n) is 3.21. The van der Waals surface area contributed by atoms with Gasteiger partial charge in [0.15, 0.2) is 0 Å². The molecule has 0 aliphatic carbocycles. The van der Waals surface area contributed by atoms with Crippen molar-refractivity contribution in [1.82, 2.24) is 9.80 Å². The first-order valence-electron chi connectivity index (χ1n) is 7.11. The Bertz CT molecular complexity index is 368. The van der Waals surface area contributed by atoms with E-state index in [4.69, 9.17) is 5.11 Å². The second-order valence-electron chi connectivity index (χ2n) is 6.58. The molecule has 2 saturated heterocycles. The maximum Gasteiger partial charge on any atom is 0.303 e. The zero-order valence-corrected chi connectivity index (χ0v) is 11.9. The van der Waals surface area contributed by atoms with Crippen LogP contribution in [-0.2, 0) is 9.59 Å². The fraction of sp³-hybridized carbons (Fsp3) is 0.857. The Labute approximate surface area is 114 Å². The molecule has 2 aliphatic heterocycles. The Morgan fingerprint density at radius 2 is 1.95 bits per heavy atom. The summed E-state index contributed by atoms with van der Waals surface area (Å²) in [4.78, 5) is 27.5. The number of hydrogen-bond acceptors (Lipinski definition) is 3. The molecule has 5 heteroatoms. The molecule has 0 aromatic carbocycles. The normalized spacial score (nSPS) is 24.3. The van der Waals surface area contributed by atoms with E-state index in [1.54, 1.807) is 0 Å². The predicted molar refractivity (Wildman–Crippen MR) is 71.8 cm³/mol. The van der Waals surface area contributed by atoms with Gasteiger partial charge >= 0.3 is 5.97 Å². The lowest BCUT2D eigenvalue weighted by molar-refractivity contribution is -0.141. The smallest absolute Gasteiger partial charge is 0.303 e. The fourth-order valence-corrected chi connectivity index (χ4v) is 3.21. The quantitative estimate of drug-likeness (QED) is 0.832. The molecule has 1 atom stereocenters. The van der Waals surface area contributed by atoms with Crippen molar-refractivity contribution in [3.63, 3.8) is 0 Å². The molecule has 0 aromatic heterocycles. The third-order valence-electron chi connectivity index (χ3n) is 4.20. The number of carboxylic acids is 1. The third kappa shape index (κ3) is 3.69. The van der Waals surface area contributed by atoms with Gasteiger partial charge < -0.3 is 10.0 Å². The highest BCUT2D eigenvalue weighted by molar-refractivity contribution is 5.78. The lowest BCUT2D eigenvalue weighted by Gasteiger charge is -2.38. The molecule has 1 amide bonds. The first-order valence-corrected chi connectivity index (χ1v) is 7.11. The number of carbonyl (C=O) groups is 2. The van der Waals surface area contributed by atoms with Crippen LogP contribution < -0.4 is 0 Å². The molecule has 108 valence electrons. The van der Waals surface area contributed by atoms with Crippen LogP contribution in [0.1, 0.15) is 39.5 Å². The zero-order valence-electron chi connectivity index (χ0n) is 11.9. The maximum absolute atomic E-state index is 12.3. The van der Waals surface area contributed by atoms with E-state index in [1.807, 2.05) is 18.7 Å². The van der Waals surface area contributed by atoms with E-state index in [9.17, 15) is 9.59 Å². The number of amides is 1. The predicted octanol–water partition coefficient (Wildman–Crippen LogP) is 1.18. The van der Waals surface area contributed by atoms with Crippen molar-refractivity contribution in [2.75, 3.05) is 26.2 Å². The van der Waals surface area contributed by atoms with Crippen molar-refractivity contribution in [1.29, 1.82) is 0 Å². The Balaban J connectivity index is 1.88. The van der Waals surface area contributed by atoms with Gasteiger partial charge in [0.05, 0.1) is 6.42 Å². The van der Waals surface area contributed by atoms with Gasteiger partial charge in [-0.25, -0.2) is 0 Å². The number of aliphatic carboxylic acids is 1. The molecule has 0 aromatic rings. The second kappa shape index (κ2) is 5.49. The molecule has 0 radical (unpaired) electrons. The van der Waals surface area contributed by atoms with Gasteiger partial charge in [-0.15, -0.1) is 0 Å². The molecule has 19 heavy (non-hydrogen) atoms. The van der Waals surface area contributed by atoms with Crippen LogP contribution in [0.15, 0.2) is 0 Å². The molecule has 2 heterocycles. The van der Waals surface area contributed by atoms with Crippen LogP contribution in [0.25, 0.3) is 0 Å². The molecule has 2 aliphatic rings. The van der Waals surface area contributed by atoms with E-state index in [0.717, 1.165) is 26.2 Å². The van der Waals surface area contributed by atoms with Crippen molar-refractivity contribution in [2.24, 2.45) is 5.41 Å². The van der Waals surface area contributed by atoms with Crippen LogP contribution in [0, 0.1) is 5.41 Å². The van der Waals surface area contributed by atoms with Crippen LogP contribution in [0.5, 0.6) is 0 Å². The number of fused-ring (bicyclic) bond motifs is 1. The van der Waals surface area contributed by atoms with Crippen LogP contribution in [0.2, 0.25) is 0 Å². The number of hydrogen-bond donors (Lipinski definition) is 1. The van der Waals surface area contributed by atoms with Gasteiger partial charge in [0, 0.05) is 32.1 Å². The zero-order chi connectivity index (χ0) is 14.0. The molecule has 0 spiro atoms. The number of rotatable bonds is 4. The van der Waals surface area contributed by atoms with Gasteiger partial charge in [0.25, 0.3) is 0 Å². The minimum atomic E-state index is -0.835. The Hall–Kier alpha value is -1.10. The molecule has 5 nitrogen and oxygen atoms in total. The van der Waals surface area contributed by atoms with Crippen LogP contribution >= 0.6 is 0 Å². The van der Waals surface area contributed by atoms with Gasteiger partial charge in [-0.2, -0.15) is 0 Å². The Kier molecular flexibility index (Phi) is 4.13. The summed E-state index contributed by atoms with van der Waals surface area (Å²) in [6, 6.07) is 0.528. The summed E-state index contributed by atoms with van der Waals surface area (Å²) in [5.74, 6) is -0.726. The molecular weight excluding hydrogens is 244 g/mol. The van der Waals surface area contributed by atoms with Crippen molar-refractivity contribution in [3.8, 4) is 0 Å². The van der Waals surface area contributed by atoms with Crippen LogP contribution in [0.4, 0.5) is 0 Å². The first-order chi connectivity index (χ1) is 8.87. The molecule has 1 unspecified atom stereocenters. The number of carboxylic acid groups (broad SMARTS) is 1. The van der Waals surface area contributed by atoms with Crippen LogP contribution in [0.3, 0.4) is 0 Å². The molecule has 0 saturated carbocycles. The summed E-state index contributed by atoms with van der Waals surface area (Å²) in [5, 5.41) is 8.86. The largest absolute Gasteiger partial charge is 0.481 e. The van der Waals surface area contributed by atoms with E-state index in [0.29, 0.717) is 12.5 Å². The summed E-state index contributed by atoms with van der Waals surface area (Å²) < 4.78 is 0. The standard InChI is InChI=1S/C14H24N2O3/c1-14(2,9-13(18)19)8-12(17)16-7-6-15-5-3-4-11(15)10-16/h11H,3-10H2,1-2H3,(H,18,19). The highest BCUT2D eigenvalue weighted by atomic mass is 16.4. The topological polar surface area (TPSA) is 60.9 Å².